The number of nitrogens with one attached hydrogen (secondary N) is 2. The Bertz CT molecular complexity index is 268. The van der Waals surface area contributed by atoms with Crippen molar-refractivity contribution in [3.8, 4) is 0 Å². The number of carbonyl (C=O) groups excluding carboxylic acids is 2. The van der Waals surface area contributed by atoms with Crippen LogP contribution in [0.2, 0.25) is 0 Å². The lowest BCUT2D eigenvalue weighted by atomic mass is 9.84. The highest BCUT2D eigenvalue weighted by atomic mass is 16.2. The molecule has 0 aromatic heterocycles. The topological polar surface area (TPSA) is 84.2 Å². The van der Waals surface area contributed by atoms with Gasteiger partial charge in [-0.15, -0.1) is 0 Å². The van der Waals surface area contributed by atoms with Crippen LogP contribution in [0.1, 0.15) is 39.0 Å². The van der Waals surface area contributed by atoms with Crippen molar-refractivity contribution in [2.45, 2.75) is 45.1 Å². The van der Waals surface area contributed by atoms with Gasteiger partial charge >= 0.3 is 0 Å². The van der Waals surface area contributed by atoms with Gasteiger partial charge in [0.2, 0.25) is 11.8 Å². The summed E-state index contributed by atoms with van der Waals surface area (Å²) in [5, 5.41) is 5.38. The van der Waals surface area contributed by atoms with E-state index >= 15 is 0 Å². The fourth-order valence-electron chi connectivity index (χ4n) is 2.11. The number of nitrogens with two attached hydrogens (primary N) is 1. The molecule has 0 aromatic rings. The third-order valence-corrected chi connectivity index (χ3v) is 3.15. The van der Waals surface area contributed by atoms with E-state index in [0.717, 1.165) is 32.1 Å². The van der Waals surface area contributed by atoms with Crippen molar-refractivity contribution in [2.24, 2.45) is 11.7 Å². The number of carbonyl (C=O) groups is 2. The van der Waals surface area contributed by atoms with Gasteiger partial charge in [0, 0.05) is 12.6 Å². The van der Waals surface area contributed by atoms with Gasteiger partial charge in [-0.05, 0) is 19.3 Å². The van der Waals surface area contributed by atoms with E-state index < -0.39 is 0 Å². The molecule has 1 aliphatic rings. The van der Waals surface area contributed by atoms with E-state index in [4.69, 9.17) is 5.73 Å². The molecule has 17 heavy (non-hydrogen) atoms. The quantitative estimate of drug-likeness (QED) is 0.640. The molecule has 1 saturated carbocycles. The molecule has 98 valence electrons. The number of hydrogen-bond donors (Lipinski definition) is 3. The van der Waals surface area contributed by atoms with E-state index in [1.54, 1.807) is 0 Å². The molecule has 0 spiro atoms. The monoisotopic (exact) mass is 241 g/mol. The predicted octanol–water partition coefficient (Wildman–Crippen LogP) is 0.146. The van der Waals surface area contributed by atoms with Gasteiger partial charge in [-0.25, -0.2) is 0 Å². The summed E-state index contributed by atoms with van der Waals surface area (Å²) in [6.07, 6.45) is 4.78. The minimum absolute atomic E-state index is 0.0533. The van der Waals surface area contributed by atoms with Crippen LogP contribution in [-0.4, -0.2) is 30.9 Å². The fraction of sp³-hybridized carbons (Fsp3) is 0.833. The van der Waals surface area contributed by atoms with E-state index in [1.165, 1.54) is 0 Å². The molecule has 0 aliphatic heterocycles. The predicted molar refractivity (Wildman–Crippen MR) is 66.2 cm³/mol. The van der Waals surface area contributed by atoms with Gasteiger partial charge in [0.15, 0.2) is 0 Å². The molecule has 0 bridgehead atoms. The Hall–Kier alpha value is -1.10. The zero-order valence-electron chi connectivity index (χ0n) is 10.5. The van der Waals surface area contributed by atoms with E-state index in [1.807, 2.05) is 6.92 Å². The van der Waals surface area contributed by atoms with Crippen LogP contribution in [-0.2, 0) is 9.59 Å². The van der Waals surface area contributed by atoms with E-state index in [-0.39, 0.29) is 30.3 Å². The van der Waals surface area contributed by atoms with Crippen molar-refractivity contribution in [2.75, 3.05) is 13.1 Å². The van der Waals surface area contributed by atoms with Crippen LogP contribution in [0.3, 0.4) is 0 Å². The first-order valence-electron chi connectivity index (χ1n) is 6.45. The summed E-state index contributed by atoms with van der Waals surface area (Å²) in [6.45, 7) is 2.69. The number of amides is 2. The van der Waals surface area contributed by atoms with Gasteiger partial charge in [-0.1, -0.05) is 19.8 Å². The van der Waals surface area contributed by atoms with Gasteiger partial charge in [-0.3, -0.25) is 9.59 Å². The van der Waals surface area contributed by atoms with Gasteiger partial charge in [0.1, 0.15) is 0 Å². The van der Waals surface area contributed by atoms with Crippen LogP contribution in [0.25, 0.3) is 0 Å². The van der Waals surface area contributed by atoms with Gasteiger partial charge in [0.25, 0.3) is 0 Å². The second kappa shape index (κ2) is 7.27. The van der Waals surface area contributed by atoms with Crippen LogP contribution in [0.15, 0.2) is 0 Å². The third kappa shape index (κ3) is 4.73. The SMILES string of the molecule is CCCNC(=O)CNC(=O)C1CCCCC1N. The summed E-state index contributed by atoms with van der Waals surface area (Å²) >= 11 is 0. The van der Waals surface area contributed by atoms with Crippen molar-refractivity contribution in [3.63, 3.8) is 0 Å². The highest BCUT2D eigenvalue weighted by Gasteiger charge is 2.28. The molecule has 2 atom stereocenters. The van der Waals surface area contributed by atoms with Crippen LogP contribution in [0.5, 0.6) is 0 Å². The largest absolute Gasteiger partial charge is 0.355 e. The average Bonchev–Trinajstić information content (AvgIpc) is 2.34. The Morgan fingerprint density at radius 2 is 1.94 bits per heavy atom. The van der Waals surface area contributed by atoms with Gasteiger partial charge < -0.3 is 16.4 Å². The van der Waals surface area contributed by atoms with Crippen molar-refractivity contribution in [1.29, 1.82) is 0 Å². The molecule has 1 fully saturated rings. The maximum atomic E-state index is 11.8. The highest BCUT2D eigenvalue weighted by Crippen LogP contribution is 2.22. The smallest absolute Gasteiger partial charge is 0.239 e. The van der Waals surface area contributed by atoms with E-state index in [0.29, 0.717) is 6.54 Å². The second-order valence-electron chi connectivity index (χ2n) is 4.62. The van der Waals surface area contributed by atoms with Crippen LogP contribution in [0, 0.1) is 5.92 Å². The molecule has 0 saturated heterocycles. The summed E-state index contributed by atoms with van der Waals surface area (Å²) < 4.78 is 0. The Labute approximate surface area is 103 Å². The van der Waals surface area contributed by atoms with E-state index in [9.17, 15) is 9.59 Å². The normalized spacial score (nSPS) is 24.1. The molecule has 0 heterocycles. The minimum atomic E-state index is -0.135. The van der Waals surface area contributed by atoms with Crippen LogP contribution < -0.4 is 16.4 Å². The average molecular weight is 241 g/mol. The Morgan fingerprint density at radius 3 is 2.59 bits per heavy atom. The first-order chi connectivity index (χ1) is 8.15. The molecule has 4 N–H and O–H groups in total. The van der Waals surface area contributed by atoms with Crippen molar-refractivity contribution in [3.05, 3.63) is 0 Å². The lowest BCUT2D eigenvalue weighted by Crippen LogP contribution is -2.46. The Balaban J connectivity index is 2.26. The summed E-state index contributed by atoms with van der Waals surface area (Å²) in [7, 11) is 0. The molecule has 0 aromatic carbocycles. The van der Waals surface area contributed by atoms with E-state index in [2.05, 4.69) is 10.6 Å². The Kier molecular flexibility index (Phi) is 5.97. The standard InChI is InChI=1S/C12H23N3O2/c1-2-7-14-11(16)8-15-12(17)9-5-3-4-6-10(9)13/h9-10H,2-8,13H2,1H3,(H,14,16)(H,15,17). The minimum Gasteiger partial charge on any atom is -0.355 e. The van der Waals surface area contributed by atoms with Crippen molar-refractivity contribution < 1.29 is 9.59 Å². The first kappa shape index (κ1) is 14.0. The molecule has 0 radical (unpaired) electrons. The molecule has 2 amide bonds. The van der Waals surface area contributed by atoms with Crippen LogP contribution >= 0.6 is 0 Å². The molecule has 1 rings (SSSR count). The number of hydrogen-bond acceptors (Lipinski definition) is 3. The molecule has 2 unspecified atom stereocenters. The van der Waals surface area contributed by atoms with Crippen LogP contribution in [0.4, 0.5) is 0 Å². The zero-order valence-corrected chi connectivity index (χ0v) is 10.5. The molecule has 5 nitrogen and oxygen atoms in total. The lowest BCUT2D eigenvalue weighted by Gasteiger charge is -2.27. The third-order valence-electron chi connectivity index (χ3n) is 3.15. The van der Waals surface area contributed by atoms with Crippen molar-refractivity contribution >= 4 is 11.8 Å². The Morgan fingerprint density at radius 1 is 1.24 bits per heavy atom. The molecular formula is C12H23N3O2. The summed E-state index contributed by atoms with van der Waals surface area (Å²) in [5.41, 5.74) is 5.91. The summed E-state index contributed by atoms with van der Waals surface area (Å²) in [6, 6.07) is -0.0533. The molecule has 5 heteroatoms. The highest BCUT2D eigenvalue weighted by molar-refractivity contribution is 5.86. The second-order valence-corrected chi connectivity index (χ2v) is 4.62. The van der Waals surface area contributed by atoms with Gasteiger partial charge in [-0.2, -0.15) is 0 Å². The fourth-order valence-corrected chi connectivity index (χ4v) is 2.11. The summed E-state index contributed by atoms with van der Waals surface area (Å²) in [5.74, 6) is -0.337. The van der Waals surface area contributed by atoms with Gasteiger partial charge in [0.05, 0.1) is 12.5 Å². The summed E-state index contributed by atoms with van der Waals surface area (Å²) in [4.78, 5) is 23.1. The maximum absolute atomic E-state index is 11.8. The van der Waals surface area contributed by atoms with Crippen molar-refractivity contribution in [1.82, 2.24) is 10.6 Å². The number of rotatable bonds is 5. The molecule has 1 aliphatic carbocycles. The maximum Gasteiger partial charge on any atom is 0.239 e. The zero-order chi connectivity index (χ0) is 12.7. The lowest BCUT2D eigenvalue weighted by molar-refractivity contribution is -0.129. The first-order valence-corrected chi connectivity index (χ1v) is 6.45. The molecular weight excluding hydrogens is 218 g/mol.